The van der Waals surface area contributed by atoms with Crippen LogP contribution in [0.5, 0.6) is 0 Å². The lowest BCUT2D eigenvalue weighted by molar-refractivity contribution is -0.150. The summed E-state index contributed by atoms with van der Waals surface area (Å²) in [6.45, 7) is 5.04. The van der Waals surface area contributed by atoms with E-state index in [-0.39, 0.29) is 24.1 Å². The maximum atomic E-state index is 11.8. The lowest BCUT2D eigenvalue weighted by Crippen LogP contribution is -2.57. The van der Waals surface area contributed by atoms with E-state index in [2.05, 4.69) is 13.8 Å². The van der Waals surface area contributed by atoms with Crippen molar-refractivity contribution in [2.24, 2.45) is 34.5 Å². The number of cyclic esters (lactones) is 1. The second-order valence-electron chi connectivity index (χ2n) is 10.7. The van der Waals surface area contributed by atoms with Gasteiger partial charge in [-0.05, 0) is 86.9 Å². The van der Waals surface area contributed by atoms with Gasteiger partial charge in [-0.3, -0.25) is 0 Å². The van der Waals surface area contributed by atoms with Crippen LogP contribution in [0.3, 0.4) is 0 Å². The van der Waals surface area contributed by atoms with Crippen LogP contribution in [0.2, 0.25) is 0 Å². The summed E-state index contributed by atoms with van der Waals surface area (Å²) in [5.74, 6) is 2.29. The number of aliphatic hydroxyl groups excluding tert-OH is 1. The maximum Gasteiger partial charge on any atom is 0.331 e. The van der Waals surface area contributed by atoms with Crippen molar-refractivity contribution < 1.29 is 19.7 Å². The minimum absolute atomic E-state index is 0.100. The highest BCUT2D eigenvalue weighted by Gasteiger charge is 2.65. The fourth-order valence-electron chi connectivity index (χ4n) is 8.39. The monoisotopic (exact) mass is 374 g/mol. The molecule has 2 N–H and O–H groups in total. The van der Waals surface area contributed by atoms with E-state index in [1.165, 1.54) is 19.3 Å². The molecule has 0 amide bonds. The average molecular weight is 375 g/mol. The molecule has 0 bridgehead atoms. The highest BCUT2D eigenvalue weighted by Crippen LogP contribution is 2.69. The van der Waals surface area contributed by atoms with Gasteiger partial charge < -0.3 is 14.9 Å². The van der Waals surface area contributed by atoms with Crippen LogP contribution in [0, 0.1) is 34.5 Å². The molecule has 4 heteroatoms. The van der Waals surface area contributed by atoms with Crippen LogP contribution in [-0.4, -0.2) is 34.5 Å². The number of rotatable bonds is 1. The van der Waals surface area contributed by atoms with Crippen molar-refractivity contribution in [3.8, 4) is 0 Å². The molecule has 1 aliphatic heterocycles. The van der Waals surface area contributed by atoms with Crippen molar-refractivity contribution in [2.75, 3.05) is 6.61 Å². The fourth-order valence-corrected chi connectivity index (χ4v) is 8.39. The Morgan fingerprint density at radius 3 is 2.56 bits per heavy atom. The van der Waals surface area contributed by atoms with E-state index < -0.39 is 5.60 Å². The molecular weight excluding hydrogens is 340 g/mol. The van der Waals surface area contributed by atoms with Gasteiger partial charge in [0, 0.05) is 17.1 Å². The summed E-state index contributed by atoms with van der Waals surface area (Å²) in [5, 5.41) is 21.9. The summed E-state index contributed by atoms with van der Waals surface area (Å²) in [6, 6.07) is 0. The Morgan fingerprint density at radius 2 is 1.81 bits per heavy atom. The Morgan fingerprint density at radius 1 is 1.04 bits per heavy atom. The molecule has 0 aromatic heterocycles. The van der Waals surface area contributed by atoms with Crippen LogP contribution < -0.4 is 0 Å². The third-order valence-corrected chi connectivity index (χ3v) is 9.98. The Kier molecular flexibility index (Phi) is 3.92. The van der Waals surface area contributed by atoms with Gasteiger partial charge in [0.05, 0.1) is 11.7 Å². The first-order chi connectivity index (χ1) is 12.8. The van der Waals surface area contributed by atoms with Crippen molar-refractivity contribution in [1.82, 2.24) is 0 Å². The second kappa shape index (κ2) is 5.82. The van der Waals surface area contributed by atoms with Gasteiger partial charge in [-0.25, -0.2) is 4.79 Å². The van der Waals surface area contributed by atoms with Gasteiger partial charge in [0.15, 0.2) is 0 Å². The molecule has 0 radical (unpaired) electrons. The van der Waals surface area contributed by atoms with Crippen molar-refractivity contribution in [2.45, 2.75) is 83.3 Å². The predicted molar refractivity (Wildman–Crippen MR) is 102 cm³/mol. The largest absolute Gasteiger partial charge is 0.458 e. The predicted octanol–water partition coefficient (Wildman–Crippen LogP) is 3.60. The number of fused-ring (bicyclic) bond motifs is 5. The van der Waals surface area contributed by atoms with Gasteiger partial charge in [-0.15, -0.1) is 0 Å². The van der Waals surface area contributed by atoms with E-state index in [0.29, 0.717) is 23.2 Å². The van der Waals surface area contributed by atoms with Gasteiger partial charge >= 0.3 is 5.97 Å². The number of hydrogen-bond donors (Lipinski definition) is 2. The maximum absolute atomic E-state index is 11.8. The van der Waals surface area contributed by atoms with Crippen LogP contribution in [0.1, 0.15) is 71.6 Å². The van der Waals surface area contributed by atoms with E-state index in [0.717, 1.165) is 50.0 Å². The van der Waals surface area contributed by atoms with E-state index in [1.807, 2.05) is 0 Å². The molecule has 4 fully saturated rings. The Hall–Kier alpha value is -0.870. The number of carbonyl (C=O) groups excluding carboxylic acids is 1. The number of ether oxygens (including phenoxy) is 1. The standard InChI is InChI=1S/C23H34O4/c1-21-8-5-16(24)11-14(21)3-4-17-18(21)6-9-22(2)19(17)7-10-23(22,26)15-12-20(25)27-13-15/h12,14,16-19,24,26H,3-11,13H2,1-2H3/t14-,16?,17-,18-,19+,21-,22-,23-/m0/s1. The zero-order chi connectivity index (χ0) is 19.0. The highest BCUT2D eigenvalue weighted by molar-refractivity contribution is 5.85. The van der Waals surface area contributed by atoms with Crippen LogP contribution in [0.25, 0.3) is 0 Å². The zero-order valence-corrected chi connectivity index (χ0v) is 16.7. The quantitative estimate of drug-likeness (QED) is 0.688. The number of hydrogen-bond acceptors (Lipinski definition) is 4. The van der Waals surface area contributed by atoms with E-state index in [9.17, 15) is 15.0 Å². The lowest BCUT2D eigenvalue weighted by Gasteiger charge is -2.61. The summed E-state index contributed by atoms with van der Waals surface area (Å²) in [7, 11) is 0. The minimum atomic E-state index is -0.880. The van der Waals surface area contributed by atoms with Crippen LogP contribution in [0.15, 0.2) is 11.6 Å². The summed E-state index contributed by atoms with van der Waals surface area (Å²) >= 11 is 0. The number of esters is 1. The van der Waals surface area contributed by atoms with Crippen LogP contribution in [-0.2, 0) is 9.53 Å². The second-order valence-corrected chi connectivity index (χ2v) is 10.7. The van der Waals surface area contributed by atoms with E-state index in [1.54, 1.807) is 6.08 Å². The molecule has 0 aromatic carbocycles. The normalized spacial score (nSPS) is 54.6. The first-order valence-electron chi connectivity index (χ1n) is 11.1. The molecule has 0 spiro atoms. The Balaban J connectivity index is 1.45. The summed E-state index contributed by atoms with van der Waals surface area (Å²) in [6.07, 6.45) is 11.0. The fraction of sp³-hybridized carbons (Fsp3) is 0.870. The van der Waals surface area contributed by atoms with Gasteiger partial charge in [0.2, 0.25) is 0 Å². The first-order valence-corrected chi connectivity index (χ1v) is 11.1. The van der Waals surface area contributed by atoms with Crippen molar-refractivity contribution in [1.29, 1.82) is 0 Å². The topological polar surface area (TPSA) is 66.8 Å². The highest BCUT2D eigenvalue weighted by atomic mass is 16.5. The molecular formula is C23H34O4. The molecule has 8 atom stereocenters. The van der Waals surface area contributed by atoms with Gasteiger partial charge in [-0.1, -0.05) is 13.8 Å². The van der Waals surface area contributed by atoms with E-state index >= 15 is 0 Å². The molecule has 4 aliphatic carbocycles. The summed E-state index contributed by atoms with van der Waals surface area (Å²) in [4.78, 5) is 11.6. The van der Waals surface area contributed by atoms with Gasteiger partial charge in [0.25, 0.3) is 0 Å². The molecule has 27 heavy (non-hydrogen) atoms. The summed E-state index contributed by atoms with van der Waals surface area (Å²) in [5.41, 5.74) is 0.146. The molecule has 5 rings (SSSR count). The van der Waals surface area contributed by atoms with Crippen molar-refractivity contribution in [3.63, 3.8) is 0 Å². The molecule has 0 saturated heterocycles. The molecule has 0 aromatic rings. The van der Waals surface area contributed by atoms with Crippen molar-refractivity contribution >= 4 is 5.97 Å². The Bertz CT molecular complexity index is 686. The van der Waals surface area contributed by atoms with Crippen molar-refractivity contribution in [3.05, 3.63) is 11.6 Å². The zero-order valence-electron chi connectivity index (χ0n) is 16.7. The third-order valence-electron chi connectivity index (χ3n) is 9.98. The lowest BCUT2D eigenvalue weighted by atomic mass is 9.44. The SMILES string of the molecule is C[C@]12CCC(O)C[C@@H]1CC[C@@H]1[C@H]3CC[C@](O)(C4=CC(=O)OC4)[C@@]3(C)CC[C@@H]12. The van der Waals surface area contributed by atoms with Crippen LogP contribution in [0.4, 0.5) is 0 Å². The number of aliphatic hydroxyl groups is 2. The van der Waals surface area contributed by atoms with E-state index in [4.69, 9.17) is 4.74 Å². The number of carbonyl (C=O) groups is 1. The summed E-state index contributed by atoms with van der Waals surface area (Å²) < 4.78 is 5.16. The van der Waals surface area contributed by atoms with Gasteiger partial charge in [-0.2, -0.15) is 0 Å². The molecule has 4 nitrogen and oxygen atoms in total. The minimum Gasteiger partial charge on any atom is -0.458 e. The molecule has 4 saturated carbocycles. The Labute approximate surface area is 162 Å². The molecule has 1 heterocycles. The first kappa shape index (κ1) is 18.2. The molecule has 1 unspecified atom stereocenters. The smallest absolute Gasteiger partial charge is 0.331 e. The van der Waals surface area contributed by atoms with Gasteiger partial charge in [0.1, 0.15) is 6.61 Å². The molecule has 150 valence electrons. The third kappa shape index (κ3) is 2.32. The average Bonchev–Trinajstić information content (AvgIpc) is 3.18. The van der Waals surface area contributed by atoms with Crippen LogP contribution >= 0.6 is 0 Å². The molecule has 5 aliphatic rings.